The lowest BCUT2D eigenvalue weighted by Gasteiger charge is -2.14. The molecule has 0 saturated carbocycles. The largest absolute Gasteiger partial charge is 0.497 e. The minimum atomic E-state index is -4.08. The molecule has 2 aromatic carbocycles. The molecule has 0 spiro atoms. The van der Waals surface area contributed by atoms with Gasteiger partial charge >= 0.3 is 0 Å². The van der Waals surface area contributed by atoms with E-state index in [-0.39, 0.29) is 27.0 Å². The van der Waals surface area contributed by atoms with E-state index in [0.29, 0.717) is 47.1 Å². The second-order valence-electron chi connectivity index (χ2n) is 8.68. The van der Waals surface area contributed by atoms with E-state index < -0.39 is 10.0 Å². The van der Waals surface area contributed by atoms with E-state index in [9.17, 15) is 13.2 Å². The summed E-state index contributed by atoms with van der Waals surface area (Å²) in [6, 6.07) is 9.01. The Kier molecular flexibility index (Phi) is 8.27. The number of aryl methyl sites for hydroxylation is 2. The Morgan fingerprint density at radius 2 is 1.92 bits per heavy atom. The summed E-state index contributed by atoms with van der Waals surface area (Å²) >= 11 is 6.21. The fourth-order valence-electron chi connectivity index (χ4n) is 4.11. The highest BCUT2D eigenvalue weighted by Crippen LogP contribution is 2.33. The molecule has 0 amide bonds. The fraction of sp³-hybridized carbons (Fsp3) is 0.346. The summed E-state index contributed by atoms with van der Waals surface area (Å²) in [6.45, 7) is 6.02. The minimum Gasteiger partial charge on any atom is -0.497 e. The quantitative estimate of drug-likeness (QED) is 0.248. The molecule has 0 aliphatic rings. The number of nitrogens with one attached hydrogen (secondary N) is 2. The topological polar surface area (TPSA) is 128 Å². The zero-order chi connectivity index (χ0) is 27.4. The fourth-order valence-corrected chi connectivity index (χ4v) is 5.43. The molecular weight excluding hydrogens is 530 g/mol. The normalized spacial score (nSPS) is 11.6. The summed E-state index contributed by atoms with van der Waals surface area (Å²) in [5, 5.41) is 4.87. The van der Waals surface area contributed by atoms with Crippen LogP contribution in [0, 0.1) is 6.92 Å². The number of sulfonamides is 1. The number of halogens is 1. The Balaban J connectivity index is 1.82. The zero-order valence-electron chi connectivity index (χ0n) is 21.7. The summed E-state index contributed by atoms with van der Waals surface area (Å²) < 4.78 is 41.6. The molecule has 0 unspecified atom stereocenters. The number of fused-ring (bicyclic) bond motifs is 1. The first-order valence-electron chi connectivity index (χ1n) is 12.3. The molecule has 4 rings (SSSR count). The first kappa shape index (κ1) is 27.5. The molecule has 0 aliphatic heterocycles. The number of hydrogen-bond donors (Lipinski definition) is 2. The lowest BCUT2D eigenvalue weighted by Crippen LogP contribution is -2.17. The predicted molar refractivity (Wildman–Crippen MR) is 147 cm³/mol. The van der Waals surface area contributed by atoms with Crippen molar-refractivity contribution in [1.29, 1.82) is 0 Å². The Morgan fingerprint density at radius 1 is 1.13 bits per heavy atom. The van der Waals surface area contributed by atoms with Crippen LogP contribution in [0.4, 0.5) is 5.69 Å². The third-order valence-electron chi connectivity index (χ3n) is 5.98. The van der Waals surface area contributed by atoms with E-state index in [1.54, 1.807) is 17.5 Å². The number of benzene rings is 2. The third kappa shape index (κ3) is 5.63. The lowest BCUT2D eigenvalue weighted by molar-refractivity contribution is 0.341. The van der Waals surface area contributed by atoms with Crippen LogP contribution in [0.5, 0.6) is 11.5 Å². The van der Waals surface area contributed by atoms with Gasteiger partial charge in [0.25, 0.3) is 15.6 Å². The van der Waals surface area contributed by atoms with E-state index in [0.717, 1.165) is 19.3 Å². The molecule has 2 heterocycles. The average molecular weight is 560 g/mol. The van der Waals surface area contributed by atoms with Gasteiger partial charge in [0.05, 0.1) is 40.6 Å². The molecule has 0 bridgehead atoms. The molecule has 10 nitrogen and oxygen atoms in total. The lowest BCUT2D eigenvalue weighted by atomic mass is 10.2. The highest BCUT2D eigenvalue weighted by atomic mass is 35.5. The van der Waals surface area contributed by atoms with Crippen molar-refractivity contribution in [1.82, 2.24) is 19.6 Å². The van der Waals surface area contributed by atoms with Crippen LogP contribution in [0.2, 0.25) is 5.02 Å². The van der Waals surface area contributed by atoms with E-state index in [1.165, 1.54) is 37.4 Å². The number of ether oxygens (including phenoxy) is 2. The van der Waals surface area contributed by atoms with Crippen LogP contribution in [-0.4, -0.2) is 41.7 Å². The molecule has 0 saturated heterocycles. The second kappa shape index (κ2) is 11.4. The number of unbranched alkanes of at least 4 members (excludes halogenated alkanes) is 2. The number of hydrogen-bond acceptors (Lipinski definition) is 7. The molecule has 0 atom stereocenters. The van der Waals surface area contributed by atoms with Crippen LogP contribution in [0.1, 0.15) is 44.6 Å². The van der Waals surface area contributed by atoms with Gasteiger partial charge in [-0.25, -0.2) is 17.9 Å². The molecule has 2 aromatic heterocycles. The van der Waals surface area contributed by atoms with Gasteiger partial charge in [0, 0.05) is 12.5 Å². The van der Waals surface area contributed by atoms with Gasteiger partial charge in [-0.3, -0.25) is 9.52 Å². The van der Waals surface area contributed by atoms with Crippen LogP contribution in [0.15, 0.2) is 46.1 Å². The van der Waals surface area contributed by atoms with Gasteiger partial charge in [-0.2, -0.15) is 0 Å². The molecule has 12 heteroatoms. The molecular formula is C26H30ClN5O5S. The van der Waals surface area contributed by atoms with Crippen molar-refractivity contribution in [2.45, 2.75) is 51.3 Å². The Hall–Kier alpha value is -3.57. The van der Waals surface area contributed by atoms with Gasteiger partial charge < -0.3 is 14.5 Å². The Morgan fingerprint density at radius 3 is 2.63 bits per heavy atom. The highest BCUT2D eigenvalue weighted by Gasteiger charge is 2.22. The first-order valence-corrected chi connectivity index (χ1v) is 14.2. The zero-order valence-corrected chi connectivity index (χ0v) is 23.2. The monoisotopic (exact) mass is 559 g/mol. The summed E-state index contributed by atoms with van der Waals surface area (Å²) in [6.07, 6.45) is 3.66. The standard InChI is InChI=1S/C26H30ClN5O5S/c1-5-7-8-9-23-28-16(3)24-26(33)29-25(30-32(23)24)19-15-18(11-13-22(19)37-6-2)38(34,35)31-21-14-17(36-4)10-12-20(21)27/h10-15,31H,5-9H2,1-4H3,(H,29,30,33). The maximum absolute atomic E-state index is 13.3. The maximum atomic E-state index is 13.3. The van der Waals surface area contributed by atoms with Crippen molar-refractivity contribution in [3.63, 3.8) is 0 Å². The Bertz CT molecular complexity index is 1630. The third-order valence-corrected chi connectivity index (χ3v) is 7.67. The molecule has 0 aliphatic carbocycles. The van der Waals surface area contributed by atoms with Gasteiger partial charge in [0.1, 0.15) is 17.3 Å². The van der Waals surface area contributed by atoms with Crippen LogP contribution < -0.4 is 19.8 Å². The number of imidazole rings is 1. The smallest absolute Gasteiger partial charge is 0.277 e. The summed E-state index contributed by atoms with van der Waals surface area (Å²) in [4.78, 5) is 20.3. The van der Waals surface area contributed by atoms with Crippen molar-refractivity contribution in [3.8, 4) is 22.9 Å². The van der Waals surface area contributed by atoms with Gasteiger partial charge in [-0.15, -0.1) is 5.10 Å². The van der Waals surface area contributed by atoms with Gasteiger partial charge in [0.2, 0.25) is 0 Å². The average Bonchev–Trinajstić information content (AvgIpc) is 3.21. The minimum absolute atomic E-state index is 0.0671. The summed E-state index contributed by atoms with van der Waals surface area (Å²) in [5.41, 5.74) is 1.05. The van der Waals surface area contributed by atoms with Crippen molar-refractivity contribution >= 4 is 32.8 Å². The number of rotatable bonds is 11. The first-order chi connectivity index (χ1) is 18.2. The van der Waals surface area contributed by atoms with Crippen LogP contribution >= 0.6 is 11.6 Å². The van der Waals surface area contributed by atoms with E-state index in [2.05, 4.69) is 26.7 Å². The predicted octanol–water partition coefficient (Wildman–Crippen LogP) is 4.99. The van der Waals surface area contributed by atoms with Gasteiger partial charge in [-0.1, -0.05) is 31.4 Å². The molecule has 202 valence electrons. The second-order valence-corrected chi connectivity index (χ2v) is 10.8. The van der Waals surface area contributed by atoms with E-state index in [4.69, 9.17) is 21.1 Å². The number of methoxy groups -OCH3 is 1. The van der Waals surface area contributed by atoms with E-state index >= 15 is 0 Å². The molecule has 0 fully saturated rings. The van der Waals surface area contributed by atoms with Gasteiger partial charge in [-0.05, 0) is 50.6 Å². The van der Waals surface area contributed by atoms with Crippen LogP contribution in [0.3, 0.4) is 0 Å². The number of aromatic nitrogens is 4. The molecule has 2 N–H and O–H groups in total. The Labute approximate surface area is 226 Å². The van der Waals surface area contributed by atoms with Crippen LogP contribution in [0.25, 0.3) is 16.9 Å². The van der Waals surface area contributed by atoms with Crippen LogP contribution in [-0.2, 0) is 16.4 Å². The number of aromatic amines is 1. The number of H-pyrrole nitrogens is 1. The molecule has 4 aromatic rings. The van der Waals surface area contributed by atoms with Crippen molar-refractivity contribution in [2.75, 3.05) is 18.4 Å². The van der Waals surface area contributed by atoms with Crippen molar-refractivity contribution < 1.29 is 17.9 Å². The summed E-state index contributed by atoms with van der Waals surface area (Å²) in [5.74, 6) is 1.66. The van der Waals surface area contributed by atoms with Crippen molar-refractivity contribution in [2.24, 2.45) is 0 Å². The molecule has 38 heavy (non-hydrogen) atoms. The maximum Gasteiger partial charge on any atom is 0.277 e. The number of anilines is 1. The SMILES string of the molecule is CCCCCc1nc(C)c2c(=O)[nH]c(-c3cc(S(=O)(=O)Nc4cc(OC)ccc4Cl)ccc3OCC)nn12. The van der Waals surface area contributed by atoms with E-state index in [1.807, 2.05) is 6.92 Å². The molecule has 0 radical (unpaired) electrons. The number of nitrogens with zero attached hydrogens (tertiary/aromatic N) is 3. The summed E-state index contributed by atoms with van der Waals surface area (Å²) in [7, 11) is -2.61. The van der Waals surface area contributed by atoms with Gasteiger partial charge in [0.15, 0.2) is 11.3 Å². The highest BCUT2D eigenvalue weighted by molar-refractivity contribution is 7.92. The van der Waals surface area contributed by atoms with Crippen molar-refractivity contribution in [3.05, 3.63) is 63.3 Å².